The van der Waals surface area contributed by atoms with Crippen LogP contribution in [0.2, 0.25) is 0 Å². The molecule has 0 heterocycles. The molecule has 1 amide bonds. The van der Waals surface area contributed by atoms with Gasteiger partial charge in [0, 0.05) is 25.1 Å². The highest BCUT2D eigenvalue weighted by Crippen LogP contribution is 2.16. The monoisotopic (exact) mass is 432 g/mol. The van der Waals surface area contributed by atoms with Crippen molar-refractivity contribution in [3.63, 3.8) is 0 Å². The number of halogens is 3. The molecule has 0 bridgehead atoms. The van der Waals surface area contributed by atoms with Gasteiger partial charge in [-0.25, -0.2) is 13.2 Å². The van der Waals surface area contributed by atoms with Gasteiger partial charge in [-0.05, 0) is 33.0 Å². The third-order valence-corrected chi connectivity index (χ3v) is 4.44. The second-order valence-corrected chi connectivity index (χ2v) is 7.53. The van der Waals surface area contributed by atoms with Crippen LogP contribution >= 0.6 is 0 Å². The number of benzene rings is 1. The molecule has 0 aliphatic carbocycles. The molecule has 0 spiro atoms. The first-order valence-electron chi connectivity index (χ1n) is 10.1. The summed E-state index contributed by atoms with van der Waals surface area (Å²) < 4.78 is 44.8. The zero-order chi connectivity index (χ0) is 22.5. The van der Waals surface area contributed by atoms with E-state index < -0.39 is 29.5 Å². The standard InChI is InChI=1S/C21H31F3N2O4/c1-26(2)13-16(12-19(28)29)25-18(27)8-6-4-3-5-7-11-30-14-15-9-10-17(22)21(24)20(15)23/h9-10,16H,3-8,11-14H2,1-2H3,(H,25,27)(H,28,29)/t16-/m1/s1. The zero-order valence-corrected chi connectivity index (χ0v) is 17.6. The van der Waals surface area contributed by atoms with E-state index in [1.165, 1.54) is 6.07 Å². The topological polar surface area (TPSA) is 78.9 Å². The number of nitrogens with zero attached hydrogens (tertiary/aromatic N) is 1. The summed E-state index contributed by atoms with van der Waals surface area (Å²) >= 11 is 0. The number of nitrogens with one attached hydrogen (secondary N) is 1. The van der Waals surface area contributed by atoms with Gasteiger partial charge in [-0.15, -0.1) is 0 Å². The summed E-state index contributed by atoms with van der Waals surface area (Å²) in [7, 11) is 3.64. The number of likely N-dealkylation sites (N-methyl/N-ethyl adjacent to an activating group) is 1. The molecule has 30 heavy (non-hydrogen) atoms. The van der Waals surface area contributed by atoms with Gasteiger partial charge in [0.25, 0.3) is 0 Å². The summed E-state index contributed by atoms with van der Waals surface area (Å²) in [5.74, 6) is -5.03. The predicted octanol–water partition coefficient (Wildman–Crippen LogP) is 3.48. The van der Waals surface area contributed by atoms with Crippen molar-refractivity contribution in [2.24, 2.45) is 0 Å². The van der Waals surface area contributed by atoms with E-state index in [9.17, 15) is 22.8 Å². The molecule has 1 atom stereocenters. The molecule has 0 saturated heterocycles. The molecule has 0 fully saturated rings. The number of amides is 1. The van der Waals surface area contributed by atoms with Crippen LogP contribution in [0.1, 0.15) is 50.5 Å². The summed E-state index contributed by atoms with van der Waals surface area (Å²) in [5.41, 5.74) is -0.0182. The Morgan fingerprint density at radius 1 is 1.07 bits per heavy atom. The van der Waals surface area contributed by atoms with Gasteiger partial charge in [-0.1, -0.05) is 25.3 Å². The normalized spacial score (nSPS) is 12.2. The van der Waals surface area contributed by atoms with Crippen LogP contribution in [0.4, 0.5) is 13.2 Å². The first-order chi connectivity index (χ1) is 14.2. The minimum absolute atomic E-state index is 0.0182. The Morgan fingerprint density at radius 3 is 2.40 bits per heavy atom. The van der Waals surface area contributed by atoms with E-state index in [1.54, 1.807) is 0 Å². The van der Waals surface area contributed by atoms with Crippen molar-refractivity contribution in [1.82, 2.24) is 10.2 Å². The number of carbonyl (C=O) groups is 2. The number of carboxylic acids is 1. The molecule has 1 aromatic rings. The lowest BCUT2D eigenvalue weighted by molar-refractivity contribution is -0.137. The third kappa shape index (κ3) is 10.6. The molecule has 2 N–H and O–H groups in total. The van der Waals surface area contributed by atoms with Crippen molar-refractivity contribution in [3.05, 3.63) is 35.1 Å². The van der Waals surface area contributed by atoms with Crippen molar-refractivity contribution < 1.29 is 32.6 Å². The zero-order valence-electron chi connectivity index (χ0n) is 17.6. The number of carbonyl (C=O) groups excluding carboxylic acids is 1. The number of rotatable bonds is 15. The maximum Gasteiger partial charge on any atom is 0.305 e. The highest BCUT2D eigenvalue weighted by atomic mass is 19.2. The fourth-order valence-electron chi connectivity index (χ4n) is 2.99. The first kappa shape index (κ1) is 25.9. The Bertz CT molecular complexity index is 686. The maximum atomic E-state index is 13.5. The highest BCUT2D eigenvalue weighted by Gasteiger charge is 2.16. The van der Waals surface area contributed by atoms with E-state index in [0.717, 1.165) is 31.7 Å². The second-order valence-electron chi connectivity index (χ2n) is 7.53. The number of unbranched alkanes of at least 4 members (excludes halogenated alkanes) is 4. The summed E-state index contributed by atoms with van der Waals surface area (Å²) in [4.78, 5) is 24.7. The molecule has 0 unspecified atom stereocenters. The van der Waals surface area contributed by atoms with Gasteiger partial charge >= 0.3 is 5.97 Å². The Balaban J connectivity index is 2.10. The summed E-state index contributed by atoms with van der Waals surface area (Å²) in [5, 5.41) is 11.7. The Kier molecular flexibility index (Phi) is 12.1. The molecule has 0 aliphatic heterocycles. The van der Waals surface area contributed by atoms with Crippen molar-refractivity contribution in [2.45, 2.75) is 57.6 Å². The number of hydrogen-bond donors (Lipinski definition) is 2. The SMILES string of the molecule is CN(C)C[C@@H](CC(=O)O)NC(=O)CCCCCCCOCc1ccc(F)c(F)c1F. The van der Waals surface area contributed by atoms with Gasteiger partial charge in [-0.2, -0.15) is 0 Å². The average molecular weight is 432 g/mol. The third-order valence-electron chi connectivity index (χ3n) is 4.44. The number of carboxylic acid groups (broad SMARTS) is 1. The molecule has 170 valence electrons. The highest BCUT2D eigenvalue weighted by molar-refractivity contribution is 5.77. The van der Waals surface area contributed by atoms with E-state index in [0.29, 0.717) is 26.0 Å². The molecule has 0 saturated carbocycles. The van der Waals surface area contributed by atoms with Crippen molar-refractivity contribution >= 4 is 11.9 Å². The molecule has 0 aliphatic rings. The van der Waals surface area contributed by atoms with Crippen LogP contribution in [0.5, 0.6) is 0 Å². The van der Waals surface area contributed by atoms with Crippen LogP contribution in [0.15, 0.2) is 12.1 Å². The van der Waals surface area contributed by atoms with Gasteiger partial charge in [0.05, 0.1) is 19.1 Å². The largest absolute Gasteiger partial charge is 0.481 e. The van der Waals surface area contributed by atoms with Crippen LogP contribution in [0, 0.1) is 17.5 Å². The van der Waals surface area contributed by atoms with Crippen LogP contribution in [-0.2, 0) is 20.9 Å². The Labute approximate surface area is 175 Å². The molecule has 6 nitrogen and oxygen atoms in total. The van der Waals surface area contributed by atoms with Crippen LogP contribution in [0.3, 0.4) is 0 Å². The minimum Gasteiger partial charge on any atom is -0.481 e. The van der Waals surface area contributed by atoms with Gasteiger partial charge in [0.15, 0.2) is 17.5 Å². The Morgan fingerprint density at radius 2 is 1.73 bits per heavy atom. The second kappa shape index (κ2) is 14.0. The van der Waals surface area contributed by atoms with Gasteiger partial charge in [0.1, 0.15) is 0 Å². The van der Waals surface area contributed by atoms with Crippen LogP contribution < -0.4 is 5.32 Å². The fourth-order valence-corrected chi connectivity index (χ4v) is 2.99. The van der Waals surface area contributed by atoms with Crippen LogP contribution in [-0.4, -0.2) is 55.2 Å². The summed E-state index contributed by atoms with van der Waals surface area (Å²) in [6.07, 6.45) is 4.28. The van der Waals surface area contributed by atoms with E-state index >= 15 is 0 Å². The lowest BCUT2D eigenvalue weighted by atomic mass is 10.1. The molecule has 1 aromatic carbocycles. The number of aliphatic carboxylic acids is 1. The average Bonchev–Trinajstić information content (AvgIpc) is 2.65. The van der Waals surface area contributed by atoms with Crippen molar-refractivity contribution in [3.8, 4) is 0 Å². The lowest BCUT2D eigenvalue weighted by Gasteiger charge is -2.20. The predicted molar refractivity (Wildman–Crippen MR) is 106 cm³/mol. The van der Waals surface area contributed by atoms with Crippen LogP contribution in [0.25, 0.3) is 0 Å². The van der Waals surface area contributed by atoms with E-state index in [2.05, 4.69) is 5.32 Å². The summed E-state index contributed by atoms with van der Waals surface area (Å²) in [6, 6.07) is 1.62. The molecule has 0 aromatic heterocycles. The number of ether oxygens (including phenoxy) is 1. The van der Waals surface area contributed by atoms with Gasteiger partial charge < -0.3 is 20.1 Å². The van der Waals surface area contributed by atoms with E-state index in [-0.39, 0.29) is 24.5 Å². The van der Waals surface area contributed by atoms with E-state index in [1.807, 2.05) is 19.0 Å². The minimum atomic E-state index is -1.49. The lowest BCUT2D eigenvalue weighted by Crippen LogP contribution is -2.42. The first-order valence-corrected chi connectivity index (χ1v) is 10.1. The Hall–Kier alpha value is -2.13. The van der Waals surface area contributed by atoms with E-state index in [4.69, 9.17) is 9.84 Å². The van der Waals surface area contributed by atoms with Crippen molar-refractivity contribution in [2.75, 3.05) is 27.2 Å². The molecular weight excluding hydrogens is 401 g/mol. The maximum absolute atomic E-state index is 13.5. The molecule has 9 heteroatoms. The fraction of sp³-hybridized carbons (Fsp3) is 0.619. The van der Waals surface area contributed by atoms with Crippen molar-refractivity contribution in [1.29, 1.82) is 0 Å². The molecule has 0 radical (unpaired) electrons. The number of hydrogen-bond acceptors (Lipinski definition) is 4. The quantitative estimate of drug-likeness (QED) is 0.328. The molecular formula is C21H31F3N2O4. The van der Waals surface area contributed by atoms with Gasteiger partial charge in [-0.3, -0.25) is 9.59 Å². The van der Waals surface area contributed by atoms with Gasteiger partial charge in [0.2, 0.25) is 5.91 Å². The smallest absolute Gasteiger partial charge is 0.305 e. The summed E-state index contributed by atoms with van der Waals surface area (Å²) in [6.45, 7) is 0.723. The molecule has 1 rings (SSSR count).